The van der Waals surface area contributed by atoms with Crippen LogP contribution < -0.4 is 0 Å². The second kappa shape index (κ2) is 5.36. The van der Waals surface area contributed by atoms with Crippen LogP contribution in [0.5, 0.6) is 0 Å². The minimum atomic E-state index is -0.714. The van der Waals surface area contributed by atoms with Gasteiger partial charge in [-0.05, 0) is 92.1 Å². The Labute approximate surface area is 162 Å². The number of hydrogen-bond acceptors (Lipinski definition) is 3. The Kier molecular flexibility index (Phi) is 3.37. The highest BCUT2D eigenvalue weighted by atomic mass is 16.6. The molecule has 27 heavy (non-hydrogen) atoms. The molecule has 10 atom stereocenters. The smallest absolute Gasteiger partial charge is 0.175 e. The maximum absolute atomic E-state index is 12.0. The van der Waals surface area contributed by atoms with Crippen LogP contribution in [0.3, 0.4) is 0 Å². The maximum Gasteiger partial charge on any atom is 0.175 e. The van der Waals surface area contributed by atoms with Gasteiger partial charge in [-0.1, -0.05) is 25.5 Å². The van der Waals surface area contributed by atoms with E-state index in [2.05, 4.69) is 19.9 Å². The lowest BCUT2D eigenvalue weighted by molar-refractivity contribution is -0.205. The summed E-state index contributed by atoms with van der Waals surface area (Å²) in [7, 11) is 0. The Bertz CT molecular complexity index is 753. The normalized spacial score (nSPS) is 57.7. The molecule has 1 heterocycles. The van der Waals surface area contributed by atoms with Crippen LogP contribution in [0.4, 0.5) is 0 Å². The predicted molar refractivity (Wildman–Crippen MR) is 103 cm³/mol. The van der Waals surface area contributed by atoms with Crippen LogP contribution in [0, 0.1) is 46.8 Å². The van der Waals surface area contributed by atoms with Gasteiger partial charge in [-0.2, -0.15) is 0 Å². The van der Waals surface area contributed by atoms with Crippen LogP contribution in [-0.2, 0) is 9.53 Å². The molecule has 3 heteroatoms. The molecule has 4 fully saturated rings. The molecule has 146 valence electrons. The zero-order valence-electron chi connectivity index (χ0n) is 16.6. The Balaban J connectivity index is 1.42. The van der Waals surface area contributed by atoms with Crippen molar-refractivity contribution in [2.45, 2.75) is 70.7 Å². The van der Waals surface area contributed by atoms with E-state index >= 15 is 0 Å². The van der Waals surface area contributed by atoms with Gasteiger partial charge in [0.15, 0.2) is 12.1 Å². The molecular weight excluding hydrogens is 336 g/mol. The van der Waals surface area contributed by atoms with E-state index in [1.165, 1.54) is 24.8 Å². The first-order valence-electron chi connectivity index (χ1n) is 11.3. The van der Waals surface area contributed by atoms with Gasteiger partial charge in [0.1, 0.15) is 0 Å². The van der Waals surface area contributed by atoms with Crippen LogP contribution in [0.2, 0.25) is 0 Å². The van der Waals surface area contributed by atoms with Crippen LogP contribution >= 0.6 is 0 Å². The average Bonchev–Trinajstić information content (AvgIpc) is 3.30. The van der Waals surface area contributed by atoms with Crippen LogP contribution in [-0.4, -0.2) is 22.8 Å². The fourth-order valence-corrected chi connectivity index (χ4v) is 9.05. The fourth-order valence-electron chi connectivity index (χ4n) is 9.05. The van der Waals surface area contributed by atoms with E-state index in [0.29, 0.717) is 23.5 Å². The van der Waals surface area contributed by atoms with E-state index in [0.717, 1.165) is 49.4 Å². The summed E-state index contributed by atoms with van der Waals surface area (Å²) < 4.78 is 6.35. The summed E-state index contributed by atoms with van der Waals surface area (Å²) in [6.07, 6.45) is 13.4. The fraction of sp³-hybridized carbons (Fsp3) is 0.792. The summed E-state index contributed by atoms with van der Waals surface area (Å²) in [6.45, 7) is 4.81. The van der Waals surface area contributed by atoms with Crippen molar-refractivity contribution in [1.82, 2.24) is 0 Å². The minimum Gasteiger partial charge on any atom is -0.365 e. The number of aliphatic hydroxyl groups is 1. The summed E-state index contributed by atoms with van der Waals surface area (Å²) in [5, 5.41) is 10.2. The van der Waals surface area contributed by atoms with Crippen molar-refractivity contribution < 1.29 is 14.6 Å². The predicted octanol–water partition coefficient (Wildman–Crippen LogP) is 4.26. The third kappa shape index (κ3) is 1.93. The lowest BCUT2D eigenvalue weighted by atomic mass is 9.46. The van der Waals surface area contributed by atoms with Crippen molar-refractivity contribution in [3.8, 4) is 0 Å². The first-order chi connectivity index (χ1) is 13.0. The Morgan fingerprint density at radius 1 is 1.30 bits per heavy atom. The van der Waals surface area contributed by atoms with E-state index in [1.54, 1.807) is 0 Å². The quantitative estimate of drug-likeness (QED) is 0.703. The van der Waals surface area contributed by atoms with Crippen molar-refractivity contribution >= 4 is 5.78 Å². The molecule has 1 N–H and O–H groups in total. The highest BCUT2D eigenvalue weighted by Gasteiger charge is 2.78. The lowest BCUT2D eigenvalue weighted by Crippen LogP contribution is -2.57. The number of carbonyl (C=O) groups excluding carboxylic acids is 1. The molecule has 1 spiro atoms. The Morgan fingerprint density at radius 2 is 2.15 bits per heavy atom. The van der Waals surface area contributed by atoms with E-state index in [4.69, 9.17) is 4.74 Å². The first kappa shape index (κ1) is 17.0. The molecule has 0 aromatic carbocycles. The molecule has 5 aliphatic carbocycles. The summed E-state index contributed by atoms with van der Waals surface area (Å²) in [5.41, 5.74) is 1.46. The van der Waals surface area contributed by atoms with Gasteiger partial charge < -0.3 is 9.84 Å². The van der Waals surface area contributed by atoms with Crippen molar-refractivity contribution in [2.24, 2.45) is 46.8 Å². The zero-order valence-corrected chi connectivity index (χ0v) is 16.6. The molecule has 1 aliphatic heterocycles. The highest BCUT2D eigenvalue weighted by Crippen LogP contribution is 2.79. The average molecular weight is 369 g/mol. The maximum atomic E-state index is 12.0. The molecule has 6 aliphatic rings. The number of ether oxygens (including phenoxy) is 1. The van der Waals surface area contributed by atoms with Crippen molar-refractivity contribution in [3.05, 3.63) is 23.8 Å². The van der Waals surface area contributed by atoms with Gasteiger partial charge in [0.05, 0.1) is 5.60 Å². The molecule has 3 nitrogen and oxygen atoms in total. The van der Waals surface area contributed by atoms with Crippen molar-refractivity contribution in [2.75, 3.05) is 0 Å². The van der Waals surface area contributed by atoms with E-state index in [-0.39, 0.29) is 11.0 Å². The molecule has 0 aromatic rings. The summed E-state index contributed by atoms with van der Waals surface area (Å²) in [4.78, 5) is 12.0. The van der Waals surface area contributed by atoms with Crippen LogP contribution in [0.15, 0.2) is 23.8 Å². The number of aliphatic hydroxyl groups excluding tert-OH is 1. The molecule has 6 rings (SSSR count). The van der Waals surface area contributed by atoms with Gasteiger partial charge >= 0.3 is 0 Å². The number of carbonyl (C=O) groups is 1. The standard InChI is InChI=1S/C24H32O3/c1-3-23-8-6-17-16-5-4-15(25)11-14(16)10-13(2)21(17)22(23)18-12-19(18)24(23)9-7-20(26)27-24/h7,9,11,13,16-22,26H,3-6,8,10,12H2,1-2H3/t13-,16-,17?,18-,19+,20?,21?,22?,23-,24-/m0/s1. The van der Waals surface area contributed by atoms with Gasteiger partial charge in [0.2, 0.25) is 0 Å². The number of fused-ring (bicyclic) bond motifs is 9. The van der Waals surface area contributed by atoms with Gasteiger partial charge in [-0.3, -0.25) is 4.79 Å². The zero-order chi connectivity index (χ0) is 18.6. The largest absolute Gasteiger partial charge is 0.365 e. The van der Waals surface area contributed by atoms with Crippen LogP contribution in [0.1, 0.15) is 58.8 Å². The molecule has 0 aromatic heterocycles. The number of hydrogen-bond donors (Lipinski definition) is 1. The molecule has 4 unspecified atom stereocenters. The first-order valence-corrected chi connectivity index (χ1v) is 11.3. The van der Waals surface area contributed by atoms with E-state index in [1.807, 2.05) is 12.2 Å². The molecule has 0 radical (unpaired) electrons. The van der Waals surface area contributed by atoms with Gasteiger partial charge in [0, 0.05) is 11.8 Å². The van der Waals surface area contributed by atoms with Crippen molar-refractivity contribution in [3.63, 3.8) is 0 Å². The SMILES string of the molecule is CC[C@]12CCC3C(C1[C@H]1C[C@H]1[C@@]21C=CC(O)O1)[C@@H](C)CC1=CC(=O)CC[C@@H]13. The third-order valence-electron chi connectivity index (χ3n) is 9.81. The molecule has 0 saturated heterocycles. The van der Waals surface area contributed by atoms with Gasteiger partial charge in [0.25, 0.3) is 0 Å². The van der Waals surface area contributed by atoms with Crippen LogP contribution in [0.25, 0.3) is 0 Å². The molecule has 0 bridgehead atoms. The Hall–Kier alpha value is -0.930. The molecule has 0 amide bonds. The summed E-state index contributed by atoms with van der Waals surface area (Å²) >= 11 is 0. The van der Waals surface area contributed by atoms with Crippen molar-refractivity contribution in [1.29, 1.82) is 0 Å². The summed E-state index contributed by atoms with van der Waals surface area (Å²) in [5.74, 6) is 5.31. The second-order valence-corrected chi connectivity index (χ2v) is 10.5. The number of allylic oxidation sites excluding steroid dienone is 1. The van der Waals surface area contributed by atoms with Gasteiger partial charge in [-0.15, -0.1) is 0 Å². The summed E-state index contributed by atoms with van der Waals surface area (Å²) in [6, 6.07) is 0. The molecule has 4 saturated carbocycles. The third-order valence-corrected chi connectivity index (χ3v) is 9.81. The van der Waals surface area contributed by atoms with E-state index < -0.39 is 6.29 Å². The Morgan fingerprint density at radius 3 is 2.89 bits per heavy atom. The topological polar surface area (TPSA) is 46.5 Å². The highest BCUT2D eigenvalue weighted by molar-refractivity contribution is 5.91. The van der Waals surface area contributed by atoms with E-state index in [9.17, 15) is 9.90 Å². The monoisotopic (exact) mass is 368 g/mol. The lowest BCUT2D eigenvalue weighted by Gasteiger charge is -2.60. The number of rotatable bonds is 1. The number of ketones is 1. The van der Waals surface area contributed by atoms with Gasteiger partial charge in [-0.25, -0.2) is 0 Å². The second-order valence-electron chi connectivity index (χ2n) is 10.5. The minimum absolute atomic E-state index is 0.204. The molecular formula is C24H32O3.